The molecule has 20 heavy (non-hydrogen) atoms. The van der Waals surface area contributed by atoms with E-state index in [-0.39, 0.29) is 0 Å². The number of amides is 1. The third kappa shape index (κ3) is 3.00. The zero-order valence-electron chi connectivity index (χ0n) is 10.8. The first kappa shape index (κ1) is 14.1. The summed E-state index contributed by atoms with van der Waals surface area (Å²) in [6.07, 6.45) is -0.935. The van der Waals surface area contributed by atoms with Gasteiger partial charge in [-0.2, -0.15) is 0 Å². The molecule has 0 saturated heterocycles. The van der Waals surface area contributed by atoms with E-state index >= 15 is 0 Å². The van der Waals surface area contributed by atoms with Crippen LogP contribution in [0.4, 0.5) is 14.5 Å². The first-order valence-electron chi connectivity index (χ1n) is 5.96. The van der Waals surface area contributed by atoms with Gasteiger partial charge in [0.1, 0.15) is 17.3 Å². The fourth-order valence-corrected chi connectivity index (χ4v) is 1.83. The lowest BCUT2D eigenvalue weighted by molar-refractivity contribution is -0.126. The average molecular weight is 277 g/mol. The van der Waals surface area contributed by atoms with E-state index in [1.807, 2.05) is 0 Å². The highest BCUT2D eigenvalue weighted by atomic mass is 19.1. The number of ether oxygens (including phenoxy) is 1. The molecule has 0 saturated carbocycles. The highest BCUT2D eigenvalue weighted by molar-refractivity contribution is 5.95. The molecule has 0 aromatic heterocycles. The molecule has 2 aromatic rings. The molecule has 2 rings (SSSR count). The summed E-state index contributed by atoms with van der Waals surface area (Å²) in [4.78, 5) is 12.1. The number of carbonyl (C=O) groups is 1. The van der Waals surface area contributed by atoms with Gasteiger partial charge in [-0.15, -0.1) is 0 Å². The molecule has 0 fully saturated rings. The van der Waals surface area contributed by atoms with Gasteiger partial charge in [0.25, 0.3) is 5.91 Å². The van der Waals surface area contributed by atoms with Crippen molar-refractivity contribution in [1.82, 2.24) is 0 Å². The van der Waals surface area contributed by atoms with Crippen LogP contribution >= 0.6 is 0 Å². The quantitative estimate of drug-likeness (QED) is 0.931. The molecule has 104 valence electrons. The Morgan fingerprint density at radius 3 is 2.20 bits per heavy atom. The Hall–Kier alpha value is -2.27. The van der Waals surface area contributed by atoms with Crippen molar-refractivity contribution in [3.8, 4) is 0 Å². The van der Waals surface area contributed by atoms with Crippen molar-refractivity contribution in [3.63, 3.8) is 0 Å². The normalized spacial score (nSPS) is 11.9. The molecular weight excluding hydrogens is 264 g/mol. The standard InChI is InChI=1S/C15H13F2NO2/c1-20-14(10-6-3-2-4-7-10)15(19)18-13-11(16)8-5-9-12(13)17/h2-9,14H,1H3,(H,18,19)/t14-/m1/s1. The summed E-state index contributed by atoms with van der Waals surface area (Å²) < 4.78 is 32.1. The maximum Gasteiger partial charge on any atom is 0.258 e. The van der Waals surface area contributed by atoms with E-state index in [0.29, 0.717) is 5.56 Å². The third-order valence-corrected chi connectivity index (χ3v) is 2.79. The summed E-state index contributed by atoms with van der Waals surface area (Å²) >= 11 is 0. The summed E-state index contributed by atoms with van der Waals surface area (Å²) in [5.74, 6) is -2.30. The number of anilines is 1. The van der Waals surface area contributed by atoms with Crippen molar-refractivity contribution in [3.05, 3.63) is 65.7 Å². The van der Waals surface area contributed by atoms with Crippen molar-refractivity contribution < 1.29 is 18.3 Å². The molecule has 0 radical (unpaired) electrons. The largest absolute Gasteiger partial charge is 0.367 e. The third-order valence-electron chi connectivity index (χ3n) is 2.79. The molecule has 0 spiro atoms. The van der Waals surface area contributed by atoms with Crippen molar-refractivity contribution in [1.29, 1.82) is 0 Å². The van der Waals surface area contributed by atoms with Gasteiger partial charge < -0.3 is 10.1 Å². The molecule has 0 unspecified atom stereocenters. The van der Waals surface area contributed by atoms with Gasteiger partial charge in [0.2, 0.25) is 0 Å². The van der Waals surface area contributed by atoms with E-state index in [1.54, 1.807) is 30.3 Å². The van der Waals surface area contributed by atoms with Gasteiger partial charge in [-0.25, -0.2) is 8.78 Å². The Morgan fingerprint density at radius 2 is 1.65 bits per heavy atom. The van der Waals surface area contributed by atoms with Crippen LogP contribution in [-0.2, 0) is 9.53 Å². The van der Waals surface area contributed by atoms with Gasteiger partial charge in [0, 0.05) is 7.11 Å². The van der Waals surface area contributed by atoms with E-state index in [2.05, 4.69) is 5.32 Å². The first-order valence-corrected chi connectivity index (χ1v) is 5.96. The number of nitrogens with one attached hydrogen (secondary N) is 1. The fourth-order valence-electron chi connectivity index (χ4n) is 1.83. The van der Waals surface area contributed by atoms with Crippen LogP contribution in [0.2, 0.25) is 0 Å². The van der Waals surface area contributed by atoms with Crippen LogP contribution in [0.15, 0.2) is 48.5 Å². The number of hydrogen-bond donors (Lipinski definition) is 1. The lowest BCUT2D eigenvalue weighted by Crippen LogP contribution is -2.23. The molecule has 0 aliphatic heterocycles. The Morgan fingerprint density at radius 1 is 1.05 bits per heavy atom. The van der Waals surface area contributed by atoms with Gasteiger partial charge in [-0.1, -0.05) is 36.4 Å². The van der Waals surface area contributed by atoms with E-state index < -0.39 is 29.3 Å². The number of carbonyl (C=O) groups excluding carboxylic acids is 1. The van der Waals surface area contributed by atoms with Crippen LogP contribution in [-0.4, -0.2) is 13.0 Å². The predicted molar refractivity (Wildman–Crippen MR) is 71.2 cm³/mol. The maximum atomic E-state index is 13.5. The van der Waals surface area contributed by atoms with Gasteiger partial charge in [0.15, 0.2) is 6.10 Å². The number of hydrogen-bond acceptors (Lipinski definition) is 2. The second kappa shape index (κ2) is 6.25. The highest BCUT2D eigenvalue weighted by Gasteiger charge is 2.22. The monoisotopic (exact) mass is 277 g/mol. The number of benzene rings is 2. The molecule has 1 amide bonds. The van der Waals surface area contributed by atoms with E-state index in [1.165, 1.54) is 13.2 Å². The molecule has 5 heteroatoms. The minimum absolute atomic E-state index is 0.476. The van der Waals surface area contributed by atoms with Gasteiger partial charge in [-0.05, 0) is 17.7 Å². The fraction of sp³-hybridized carbons (Fsp3) is 0.133. The highest BCUT2D eigenvalue weighted by Crippen LogP contribution is 2.22. The van der Waals surface area contributed by atoms with E-state index in [9.17, 15) is 13.6 Å². The van der Waals surface area contributed by atoms with Gasteiger partial charge in [-0.3, -0.25) is 4.79 Å². The Bertz CT molecular complexity index is 582. The molecule has 1 N–H and O–H groups in total. The van der Waals surface area contributed by atoms with Crippen molar-refractivity contribution in [2.75, 3.05) is 12.4 Å². The van der Waals surface area contributed by atoms with Crippen LogP contribution in [0.1, 0.15) is 11.7 Å². The summed E-state index contributed by atoms with van der Waals surface area (Å²) in [7, 11) is 1.36. The molecule has 1 atom stereocenters. The van der Waals surface area contributed by atoms with Crippen LogP contribution in [0, 0.1) is 11.6 Å². The SMILES string of the molecule is CO[C@@H](C(=O)Nc1c(F)cccc1F)c1ccccc1. The first-order chi connectivity index (χ1) is 9.63. The lowest BCUT2D eigenvalue weighted by Gasteiger charge is -2.16. The number of rotatable bonds is 4. The molecule has 0 bridgehead atoms. The molecule has 2 aromatic carbocycles. The lowest BCUT2D eigenvalue weighted by atomic mass is 10.1. The van der Waals surface area contributed by atoms with Crippen molar-refractivity contribution >= 4 is 11.6 Å². The van der Waals surface area contributed by atoms with Gasteiger partial charge in [0.05, 0.1) is 0 Å². The zero-order chi connectivity index (χ0) is 14.5. The minimum atomic E-state index is -0.935. The smallest absolute Gasteiger partial charge is 0.258 e. The van der Waals surface area contributed by atoms with Gasteiger partial charge >= 0.3 is 0 Å². The second-order valence-electron chi connectivity index (χ2n) is 4.11. The Balaban J connectivity index is 2.23. The molecule has 0 aliphatic carbocycles. The summed E-state index contributed by atoms with van der Waals surface area (Å²) in [5.41, 5.74) is 0.125. The van der Waals surface area contributed by atoms with E-state index in [4.69, 9.17) is 4.74 Å². The molecule has 0 heterocycles. The van der Waals surface area contributed by atoms with Crippen LogP contribution in [0.5, 0.6) is 0 Å². The van der Waals surface area contributed by atoms with Crippen molar-refractivity contribution in [2.24, 2.45) is 0 Å². The number of halogens is 2. The molecular formula is C15H13F2NO2. The second-order valence-corrected chi connectivity index (χ2v) is 4.11. The summed E-state index contributed by atoms with van der Waals surface area (Å²) in [5, 5.41) is 2.21. The Labute approximate surface area is 115 Å². The number of methoxy groups -OCH3 is 1. The van der Waals surface area contributed by atoms with Crippen LogP contribution < -0.4 is 5.32 Å². The zero-order valence-corrected chi connectivity index (χ0v) is 10.8. The van der Waals surface area contributed by atoms with Crippen molar-refractivity contribution in [2.45, 2.75) is 6.10 Å². The summed E-state index contributed by atoms with van der Waals surface area (Å²) in [6, 6.07) is 12.1. The predicted octanol–water partition coefficient (Wildman–Crippen LogP) is 3.29. The number of para-hydroxylation sites is 1. The van der Waals surface area contributed by atoms with Crippen LogP contribution in [0.3, 0.4) is 0 Å². The maximum absolute atomic E-state index is 13.5. The van der Waals surface area contributed by atoms with Crippen LogP contribution in [0.25, 0.3) is 0 Å². The Kier molecular flexibility index (Phi) is 4.42. The molecule has 0 aliphatic rings. The van der Waals surface area contributed by atoms with E-state index in [0.717, 1.165) is 12.1 Å². The topological polar surface area (TPSA) is 38.3 Å². The summed E-state index contributed by atoms with van der Waals surface area (Å²) in [6.45, 7) is 0. The molecule has 3 nitrogen and oxygen atoms in total. The minimum Gasteiger partial charge on any atom is -0.367 e. The average Bonchev–Trinajstić information content (AvgIpc) is 2.45.